The van der Waals surface area contributed by atoms with Crippen LogP contribution >= 0.6 is 0 Å². The molecule has 3 nitrogen and oxygen atoms in total. The first-order valence-electron chi connectivity index (χ1n) is 5.58. The molecule has 78 valence electrons. The van der Waals surface area contributed by atoms with Crippen LogP contribution in [0.25, 0.3) is 0 Å². The maximum absolute atomic E-state index is 4.21. The van der Waals surface area contributed by atoms with Crippen molar-refractivity contribution in [1.82, 2.24) is 15.1 Å². The first-order valence-corrected chi connectivity index (χ1v) is 5.58. The summed E-state index contributed by atoms with van der Waals surface area (Å²) in [4.78, 5) is 0. The molecular weight excluding hydrogens is 174 g/mol. The second-order valence-electron chi connectivity index (χ2n) is 4.25. The molecule has 1 N–H and O–H groups in total. The van der Waals surface area contributed by atoms with Crippen LogP contribution in [-0.4, -0.2) is 21.9 Å². The zero-order valence-electron chi connectivity index (χ0n) is 8.82. The van der Waals surface area contributed by atoms with Gasteiger partial charge in [-0.1, -0.05) is 6.42 Å². The van der Waals surface area contributed by atoms with Gasteiger partial charge in [-0.05, 0) is 32.3 Å². The van der Waals surface area contributed by atoms with Crippen molar-refractivity contribution in [2.24, 2.45) is 0 Å². The van der Waals surface area contributed by atoms with Crippen LogP contribution in [0.5, 0.6) is 0 Å². The van der Waals surface area contributed by atoms with Gasteiger partial charge >= 0.3 is 0 Å². The molecular formula is C11H19N3. The maximum Gasteiger partial charge on any atom is 0.0489 e. The normalized spacial score (nSPS) is 27.8. The van der Waals surface area contributed by atoms with Gasteiger partial charge in [0.05, 0.1) is 0 Å². The molecule has 0 amide bonds. The van der Waals surface area contributed by atoms with Crippen molar-refractivity contribution >= 4 is 0 Å². The van der Waals surface area contributed by atoms with E-state index in [9.17, 15) is 0 Å². The molecule has 0 saturated carbocycles. The maximum atomic E-state index is 4.21. The van der Waals surface area contributed by atoms with Crippen LogP contribution in [0.4, 0.5) is 0 Å². The van der Waals surface area contributed by atoms with E-state index in [4.69, 9.17) is 0 Å². The quantitative estimate of drug-likeness (QED) is 0.793. The summed E-state index contributed by atoms with van der Waals surface area (Å²) in [5.41, 5.74) is 0. The molecule has 0 bridgehead atoms. The molecule has 1 aromatic heterocycles. The molecule has 14 heavy (non-hydrogen) atoms. The predicted octanol–water partition coefficient (Wildman–Crippen LogP) is 1.80. The standard InChI is InChI=1S/C11H19N3/c1-10-4-2-5-11(13-10)6-9-14-8-3-7-12-14/h3,7-8,10-11,13H,2,4-6,9H2,1H3. The van der Waals surface area contributed by atoms with Gasteiger partial charge in [0.15, 0.2) is 0 Å². The SMILES string of the molecule is CC1CCCC(CCn2cccn2)N1. The van der Waals surface area contributed by atoms with Gasteiger partial charge in [-0.3, -0.25) is 4.68 Å². The molecule has 1 aliphatic rings. The third-order valence-electron chi connectivity index (χ3n) is 2.98. The molecule has 2 rings (SSSR count). The highest BCUT2D eigenvalue weighted by Gasteiger charge is 2.16. The fourth-order valence-corrected chi connectivity index (χ4v) is 2.19. The Balaban J connectivity index is 1.75. The van der Waals surface area contributed by atoms with Gasteiger partial charge in [-0.15, -0.1) is 0 Å². The van der Waals surface area contributed by atoms with Crippen molar-refractivity contribution in [2.45, 2.75) is 51.2 Å². The lowest BCUT2D eigenvalue weighted by Crippen LogP contribution is -2.40. The topological polar surface area (TPSA) is 29.9 Å². The Morgan fingerprint density at radius 3 is 3.14 bits per heavy atom. The average Bonchev–Trinajstić information content (AvgIpc) is 2.67. The smallest absolute Gasteiger partial charge is 0.0489 e. The largest absolute Gasteiger partial charge is 0.311 e. The van der Waals surface area contributed by atoms with Crippen LogP contribution in [0.15, 0.2) is 18.5 Å². The van der Waals surface area contributed by atoms with Crippen molar-refractivity contribution in [3.63, 3.8) is 0 Å². The molecule has 3 heteroatoms. The van der Waals surface area contributed by atoms with E-state index < -0.39 is 0 Å². The first-order chi connectivity index (χ1) is 6.84. The van der Waals surface area contributed by atoms with Crippen LogP contribution in [0.1, 0.15) is 32.6 Å². The Bertz CT molecular complexity index is 256. The number of nitrogens with one attached hydrogen (secondary N) is 1. The van der Waals surface area contributed by atoms with Crippen molar-refractivity contribution in [3.8, 4) is 0 Å². The Morgan fingerprint density at radius 1 is 1.50 bits per heavy atom. The third-order valence-corrected chi connectivity index (χ3v) is 2.98. The Labute approximate surface area is 85.5 Å². The van der Waals surface area contributed by atoms with E-state index in [0.29, 0.717) is 12.1 Å². The fraction of sp³-hybridized carbons (Fsp3) is 0.727. The predicted molar refractivity (Wildman–Crippen MR) is 57.1 cm³/mol. The second-order valence-corrected chi connectivity index (χ2v) is 4.25. The van der Waals surface area contributed by atoms with E-state index in [0.717, 1.165) is 6.54 Å². The minimum Gasteiger partial charge on any atom is -0.311 e. The summed E-state index contributed by atoms with van der Waals surface area (Å²) >= 11 is 0. The molecule has 0 radical (unpaired) electrons. The zero-order valence-corrected chi connectivity index (χ0v) is 8.82. The molecule has 0 aromatic carbocycles. The fourth-order valence-electron chi connectivity index (χ4n) is 2.19. The lowest BCUT2D eigenvalue weighted by atomic mass is 9.97. The molecule has 1 aromatic rings. The summed E-state index contributed by atoms with van der Waals surface area (Å²) in [6.07, 6.45) is 9.11. The highest BCUT2D eigenvalue weighted by Crippen LogP contribution is 2.14. The van der Waals surface area contributed by atoms with Crippen LogP contribution in [-0.2, 0) is 6.54 Å². The van der Waals surface area contributed by atoms with E-state index in [1.165, 1.54) is 25.7 Å². The molecule has 1 saturated heterocycles. The van der Waals surface area contributed by atoms with Crippen LogP contribution in [0.2, 0.25) is 0 Å². The number of aromatic nitrogens is 2. The zero-order chi connectivity index (χ0) is 9.80. The highest BCUT2D eigenvalue weighted by atomic mass is 15.3. The summed E-state index contributed by atoms with van der Waals surface area (Å²) < 4.78 is 2.01. The first kappa shape index (κ1) is 9.71. The molecule has 1 fully saturated rings. The minimum absolute atomic E-state index is 0.697. The molecule has 0 aliphatic carbocycles. The molecule has 2 heterocycles. The van der Waals surface area contributed by atoms with Crippen molar-refractivity contribution < 1.29 is 0 Å². The Kier molecular flexibility index (Phi) is 3.19. The number of nitrogens with zero attached hydrogens (tertiary/aromatic N) is 2. The van der Waals surface area contributed by atoms with E-state index in [1.54, 1.807) is 0 Å². The number of rotatable bonds is 3. The van der Waals surface area contributed by atoms with Crippen molar-refractivity contribution in [3.05, 3.63) is 18.5 Å². The number of hydrogen-bond donors (Lipinski definition) is 1. The summed E-state index contributed by atoms with van der Waals surface area (Å²) in [5.74, 6) is 0. The molecule has 0 spiro atoms. The van der Waals surface area contributed by atoms with Gasteiger partial charge in [0.2, 0.25) is 0 Å². The highest BCUT2D eigenvalue weighted by molar-refractivity contribution is 4.80. The number of piperidine rings is 1. The molecule has 1 aliphatic heterocycles. The number of hydrogen-bond acceptors (Lipinski definition) is 2. The average molecular weight is 193 g/mol. The Hall–Kier alpha value is -0.830. The summed E-state index contributed by atoms with van der Waals surface area (Å²) in [6, 6.07) is 3.38. The summed E-state index contributed by atoms with van der Waals surface area (Å²) in [5, 5.41) is 7.85. The minimum atomic E-state index is 0.697. The van der Waals surface area contributed by atoms with Crippen molar-refractivity contribution in [2.75, 3.05) is 0 Å². The second kappa shape index (κ2) is 4.60. The lowest BCUT2D eigenvalue weighted by Gasteiger charge is -2.28. The van der Waals surface area contributed by atoms with Crippen LogP contribution in [0, 0.1) is 0 Å². The molecule has 2 unspecified atom stereocenters. The van der Waals surface area contributed by atoms with Gasteiger partial charge < -0.3 is 5.32 Å². The van der Waals surface area contributed by atoms with Gasteiger partial charge in [-0.25, -0.2) is 0 Å². The van der Waals surface area contributed by atoms with E-state index in [-0.39, 0.29) is 0 Å². The Morgan fingerprint density at radius 2 is 2.43 bits per heavy atom. The van der Waals surface area contributed by atoms with Gasteiger partial charge in [-0.2, -0.15) is 5.10 Å². The number of aryl methyl sites for hydroxylation is 1. The monoisotopic (exact) mass is 193 g/mol. The van der Waals surface area contributed by atoms with Crippen LogP contribution < -0.4 is 5.32 Å². The van der Waals surface area contributed by atoms with E-state index in [2.05, 4.69) is 17.3 Å². The van der Waals surface area contributed by atoms with Crippen LogP contribution in [0.3, 0.4) is 0 Å². The van der Waals surface area contributed by atoms with E-state index in [1.807, 2.05) is 23.1 Å². The van der Waals surface area contributed by atoms with Gasteiger partial charge in [0.1, 0.15) is 0 Å². The lowest BCUT2D eigenvalue weighted by molar-refractivity contribution is 0.308. The van der Waals surface area contributed by atoms with Gasteiger partial charge in [0, 0.05) is 31.0 Å². The molecule has 2 atom stereocenters. The third kappa shape index (κ3) is 2.58. The summed E-state index contributed by atoms with van der Waals surface area (Å²) in [7, 11) is 0. The summed E-state index contributed by atoms with van der Waals surface area (Å²) in [6.45, 7) is 3.32. The van der Waals surface area contributed by atoms with E-state index >= 15 is 0 Å². The van der Waals surface area contributed by atoms with Gasteiger partial charge in [0.25, 0.3) is 0 Å². The van der Waals surface area contributed by atoms with Crippen molar-refractivity contribution in [1.29, 1.82) is 0 Å².